The minimum absolute atomic E-state index is 0.159. The van der Waals surface area contributed by atoms with Gasteiger partial charge < -0.3 is 9.84 Å². The highest BCUT2D eigenvalue weighted by molar-refractivity contribution is 7.88. The second-order valence-corrected chi connectivity index (χ2v) is 10.2. The van der Waals surface area contributed by atoms with Crippen LogP contribution in [0.15, 0.2) is 53.3 Å². The topological polar surface area (TPSA) is 123 Å². The number of nitrogens with zero attached hydrogens (tertiary/aromatic N) is 5. The van der Waals surface area contributed by atoms with Crippen molar-refractivity contribution in [3.63, 3.8) is 0 Å². The summed E-state index contributed by atoms with van der Waals surface area (Å²) in [7, 11) is -3.15. The summed E-state index contributed by atoms with van der Waals surface area (Å²) in [5.74, 6) is 0.754. The van der Waals surface area contributed by atoms with Crippen LogP contribution in [-0.2, 0) is 16.4 Å². The standard InChI is InChI=1S/C22H22N6O4S/c1-14-6-7-16(21-25-20(32-26-21)9-15-12-27(13-15)33(2,30)31)10-17(14)24-22(29)18-11-23-19-5-3-4-8-28(18)19/h3-8,10-11,15H,9,12-13H2,1-2H3,(H,24,29). The molecule has 33 heavy (non-hydrogen) atoms. The van der Waals surface area contributed by atoms with Crippen LogP contribution in [0.4, 0.5) is 5.69 Å². The minimum atomic E-state index is -3.15. The first-order valence-corrected chi connectivity index (χ1v) is 12.2. The molecular weight excluding hydrogens is 444 g/mol. The molecule has 0 spiro atoms. The number of carbonyl (C=O) groups excluding carboxylic acids is 1. The molecule has 0 unspecified atom stereocenters. The number of hydrogen-bond donors (Lipinski definition) is 1. The van der Waals surface area contributed by atoms with E-state index in [0.29, 0.717) is 53.8 Å². The van der Waals surface area contributed by atoms with E-state index in [4.69, 9.17) is 4.52 Å². The molecule has 0 saturated carbocycles. The summed E-state index contributed by atoms with van der Waals surface area (Å²) in [5.41, 5.74) is 3.35. The molecule has 10 nitrogen and oxygen atoms in total. The fraction of sp³-hybridized carbons (Fsp3) is 0.273. The number of pyridine rings is 1. The highest BCUT2D eigenvalue weighted by Crippen LogP contribution is 2.26. The molecule has 1 fully saturated rings. The number of anilines is 1. The average molecular weight is 467 g/mol. The lowest BCUT2D eigenvalue weighted by Crippen LogP contribution is -2.50. The Morgan fingerprint density at radius 1 is 1.24 bits per heavy atom. The number of aromatic nitrogens is 4. The summed E-state index contributed by atoms with van der Waals surface area (Å²) in [5, 5.41) is 7.00. The van der Waals surface area contributed by atoms with E-state index in [9.17, 15) is 13.2 Å². The first kappa shape index (κ1) is 21.3. The summed E-state index contributed by atoms with van der Waals surface area (Å²) in [6, 6.07) is 11.1. The van der Waals surface area contributed by atoms with Crippen LogP contribution in [-0.4, -0.2) is 57.5 Å². The molecule has 4 aromatic rings. The monoisotopic (exact) mass is 466 g/mol. The molecule has 4 heterocycles. The Bertz CT molecular complexity index is 1450. The predicted octanol–water partition coefficient (Wildman–Crippen LogP) is 2.38. The van der Waals surface area contributed by atoms with Crippen LogP contribution >= 0.6 is 0 Å². The molecule has 0 bridgehead atoms. The molecule has 0 atom stereocenters. The molecule has 11 heteroatoms. The Hall–Kier alpha value is -3.57. The second-order valence-electron chi connectivity index (χ2n) is 8.22. The highest BCUT2D eigenvalue weighted by atomic mass is 32.2. The molecule has 1 aliphatic heterocycles. The van der Waals surface area contributed by atoms with Gasteiger partial charge in [0, 0.05) is 37.0 Å². The zero-order valence-electron chi connectivity index (χ0n) is 18.1. The smallest absolute Gasteiger partial charge is 0.274 e. The van der Waals surface area contributed by atoms with Gasteiger partial charge in [-0.05, 0) is 36.6 Å². The lowest BCUT2D eigenvalue weighted by Gasteiger charge is -2.36. The van der Waals surface area contributed by atoms with Crippen LogP contribution < -0.4 is 5.32 Å². The summed E-state index contributed by atoms with van der Waals surface area (Å²) < 4.78 is 31.6. The highest BCUT2D eigenvalue weighted by Gasteiger charge is 2.34. The van der Waals surface area contributed by atoms with E-state index < -0.39 is 10.0 Å². The second kappa shape index (κ2) is 8.09. The zero-order chi connectivity index (χ0) is 23.2. The lowest BCUT2D eigenvalue weighted by atomic mass is 9.99. The summed E-state index contributed by atoms with van der Waals surface area (Å²) in [6.45, 7) is 2.82. The van der Waals surface area contributed by atoms with Gasteiger partial charge >= 0.3 is 0 Å². The van der Waals surface area contributed by atoms with Crippen LogP contribution in [0.25, 0.3) is 17.0 Å². The Morgan fingerprint density at radius 2 is 2.06 bits per heavy atom. The van der Waals surface area contributed by atoms with E-state index >= 15 is 0 Å². The maximum Gasteiger partial charge on any atom is 0.274 e. The number of amides is 1. The van der Waals surface area contributed by atoms with E-state index in [2.05, 4.69) is 20.4 Å². The minimum Gasteiger partial charge on any atom is -0.339 e. The molecule has 0 aliphatic carbocycles. The fourth-order valence-electron chi connectivity index (χ4n) is 3.81. The molecule has 1 aliphatic rings. The molecule has 1 aromatic carbocycles. The average Bonchev–Trinajstić information content (AvgIpc) is 3.38. The summed E-state index contributed by atoms with van der Waals surface area (Å²) >= 11 is 0. The van der Waals surface area contributed by atoms with Crippen LogP contribution in [0.1, 0.15) is 21.9 Å². The quantitative estimate of drug-likeness (QED) is 0.463. The lowest BCUT2D eigenvalue weighted by molar-refractivity contribution is 0.102. The van der Waals surface area contributed by atoms with E-state index in [0.717, 1.165) is 5.56 Å². The van der Waals surface area contributed by atoms with Crippen molar-refractivity contribution >= 4 is 27.3 Å². The zero-order valence-corrected chi connectivity index (χ0v) is 18.9. The van der Waals surface area contributed by atoms with Gasteiger partial charge in [0.2, 0.25) is 21.7 Å². The first-order valence-electron chi connectivity index (χ1n) is 10.4. The van der Waals surface area contributed by atoms with E-state index in [1.165, 1.54) is 10.6 Å². The molecule has 1 saturated heterocycles. The van der Waals surface area contributed by atoms with Gasteiger partial charge in [-0.2, -0.15) is 4.98 Å². The Kier molecular flexibility index (Phi) is 5.22. The van der Waals surface area contributed by atoms with Crippen LogP contribution in [0.3, 0.4) is 0 Å². The van der Waals surface area contributed by atoms with Crippen molar-refractivity contribution in [2.24, 2.45) is 5.92 Å². The molecule has 0 radical (unpaired) electrons. The maximum atomic E-state index is 12.9. The van der Waals surface area contributed by atoms with E-state index in [1.807, 2.05) is 37.3 Å². The maximum absolute atomic E-state index is 12.9. The fourth-order valence-corrected chi connectivity index (χ4v) is 4.77. The third kappa shape index (κ3) is 4.24. The Morgan fingerprint density at radius 3 is 2.85 bits per heavy atom. The van der Waals surface area contributed by atoms with Crippen molar-refractivity contribution in [1.29, 1.82) is 0 Å². The Balaban J connectivity index is 1.31. The van der Waals surface area contributed by atoms with Crippen molar-refractivity contribution < 1.29 is 17.7 Å². The van der Waals surface area contributed by atoms with E-state index in [-0.39, 0.29) is 11.8 Å². The molecule has 1 N–H and O–H groups in total. The Labute approximate surface area is 190 Å². The van der Waals surface area contributed by atoms with Gasteiger partial charge in [-0.15, -0.1) is 0 Å². The third-order valence-electron chi connectivity index (χ3n) is 5.72. The van der Waals surface area contributed by atoms with Crippen LogP contribution in [0, 0.1) is 12.8 Å². The number of benzene rings is 1. The van der Waals surface area contributed by atoms with Gasteiger partial charge in [0.15, 0.2) is 0 Å². The molecule has 3 aromatic heterocycles. The molecular formula is C22H22N6O4S. The van der Waals surface area contributed by atoms with Gasteiger partial charge in [-0.25, -0.2) is 17.7 Å². The number of hydrogen-bond acceptors (Lipinski definition) is 7. The van der Waals surface area contributed by atoms with Gasteiger partial charge in [0.05, 0.1) is 12.5 Å². The normalized spacial score (nSPS) is 15.0. The van der Waals surface area contributed by atoms with Crippen molar-refractivity contribution in [2.45, 2.75) is 13.3 Å². The van der Waals surface area contributed by atoms with Gasteiger partial charge in [0.1, 0.15) is 11.3 Å². The van der Waals surface area contributed by atoms with Gasteiger partial charge in [-0.1, -0.05) is 23.4 Å². The van der Waals surface area contributed by atoms with Crippen molar-refractivity contribution in [1.82, 2.24) is 23.8 Å². The largest absolute Gasteiger partial charge is 0.339 e. The number of fused-ring (bicyclic) bond motifs is 1. The number of imidazole rings is 1. The summed E-state index contributed by atoms with van der Waals surface area (Å²) in [4.78, 5) is 21.6. The third-order valence-corrected chi connectivity index (χ3v) is 6.95. The van der Waals surface area contributed by atoms with Crippen LogP contribution in [0.2, 0.25) is 0 Å². The predicted molar refractivity (Wildman–Crippen MR) is 121 cm³/mol. The number of carbonyl (C=O) groups is 1. The number of nitrogens with one attached hydrogen (secondary N) is 1. The van der Waals surface area contributed by atoms with Gasteiger partial charge in [0.25, 0.3) is 5.91 Å². The first-order chi connectivity index (χ1) is 15.8. The SMILES string of the molecule is Cc1ccc(-c2noc(CC3CN(S(C)(=O)=O)C3)n2)cc1NC(=O)c1cnc2ccccn12. The molecule has 1 amide bonds. The van der Waals surface area contributed by atoms with Crippen LogP contribution in [0.5, 0.6) is 0 Å². The summed E-state index contributed by atoms with van der Waals surface area (Å²) in [6.07, 6.45) is 5.05. The molecule has 170 valence electrons. The number of sulfonamides is 1. The number of rotatable bonds is 6. The van der Waals surface area contributed by atoms with Gasteiger partial charge in [-0.3, -0.25) is 9.20 Å². The van der Waals surface area contributed by atoms with E-state index in [1.54, 1.807) is 22.9 Å². The number of aryl methyl sites for hydroxylation is 1. The van der Waals surface area contributed by atoms with Crippen molar-refractivity contribution in [3.05, 3.63) is 65.9 Å². The van der Waals surface area contributed by atoms with Crippen molar-refractivity contribution in [2.75, 3.05) is 24.7 Å². The van der Waals surface area contributed by atoms with Crippen molar-refractivity contribution in [3.8, 4) is 11.4 Å². The molecule has 5 rings (SSSR count).